The van der Waals surface area contributed by atoms with Gasteiger partial charge in [-0.2, -0.15) is 0 Å². The summed E-state index contributed by atoms with van der Waals surface area (Å²) in [5.74, 6) is 0.777. The molecule has 0 atom stereocenters. The minimum atomic E-state index is -0.178. The van der Waals surface area contributed by atoms with Gasteiger partial charge in [0.2, 0.25) is 0 Å². The molecule has 0 aliphatic heterocycles. The standard InChI is InChI=1S/C14H14FN3S/c1-9-6-10(2-3-11(9)15)12-8-19-14-7-17-13(4-5-16)18(12)14/h2-3,6-8H,4-5,16H2,1H3. The van der Waals surface area contributed by atoms with Crippen LogP contribution >= 0.6 is 11.3 Å². The number of rotatable bonds is 3. The van der Waals surface area contributed by atoms with Gasteiger partial charge in [-0.25, -0.2) is 9.37 Å². The largest absolute Gasteiger partial charge is 0.330 e. The maximum absolute atomic E-state index is 13.4. The minimum absolute atomic E-state index is 0.178. The van der Waals surface area contributed by atoms with Crippen LogP contribution in [0.15, 0.2) is 29.8 Å². The minimum Gasteiger partial charge on any atom is -0.330 e. The second kappa shape index (κ2) is 4.75. The summed E-state index contributed by atoms with van der Waals surface area (Å²) >= 11 is 1.63. The maximum Gasteiger partial charge on any atom is 0.126 e. The molecular weight excluding hydrogens is 261 g/mol. The SMILES string of the molecule is Cc1cc(-c2csc3cnc(CCN)n23)ccc1F. The van der Waals surface area contributed by atoms with E-state index in [0.717, 1.165) is 28.3 Å². The van der Waals surface area contributed by atoms with E-state index in [2.05, 4.69) is 14.8 Å². The first-order valence-corrected chi connectivity index (χ1v) is 6.99. The fourth-order valence-corrected chi connectivity index (χ4v) is 3.09. The van der Waals surface area contributed by atoms with E-state index < -0.39 is 0 Å². The molecule has 0 unspecified atom stereocenters. The van der Waals surface area contributed by atoms with Crippen molar-refractivity contribution in [3.63, 3.8) is 0 Å². The topological polar surface area (TPSA) is 43.3 Å². The Kier molecular flexibility index (Phi) is 3.08. The Labute approximate surface area is 114 Å². The van der Waals surface area contributed by atoms with Gasteiger partial charge in [0.25, 0.3) is 0 Å². The fourth-order valence-electron chi connectivity index (χ4n) is 2.19. The highest BCUT2D eigenvalue weighted by Crippen LogP contribution is 2.28. The van der Waals surface area contributed by atoms with Crippen molar-refractivity contribution in [2.45, 2.75) is 13.3 Å². The summed E-state index contributed by atoms with van der Waals surface area (Å²) in [4.78, 5) is 5.47. The molecule has 0 radical (unpaired) electrons. The Balaban J connectivity index is 2.18. The Morgan fingerprint density at radius 2 is 2.26 bits per heavy atom. The Morgan fingerprint density at radius 3 is 3.00 bits per heavy atom. The van der Waals surface area contributed by atoms with Gasteiger partial charge in [-0.15, -0.1) is 11.3 Å². The molecular formula is C14H14FN3S. The number of hydrogen-bond donors (Lipinski definition) is 1. The number of nitrogens with two attached hydrogens (primary N) is 1. The molecule has 0 saturated heterocycles. The van der Waals surface area contributed by atoms with Crippen LogP contribution in [-0.4, -0.2) is 15.9 Å². The first-order valence-electron chi connectivity index (χ1n) is 6.11. The smallest absolute Gasteiger partial charge is 0.126 e. The van der Waals surface area contributed by atoms with Gasteiger partial charge < -0.3 is 5.73 Å². The van der Waals surface area contributed by atoms with Crippen LogP contribution in [0.25, 0.3) is 16.1 Å². The van der Waals surface area contributed by atoms with Gasteiger partial charge in [0.1, 0.15) is 16.5 Å². The summed E-state index contributed by atoms with van der Waals surface area (Å²) in [7, 11) is 0. The molecule has 0 spiro atoms. The van der Waals surface area contributed by atoms with Crippen molar-refractivity contribution in [3.8, 4) is 11.3 Å². The van der Waals surface area contributed by atoms with E-state index >= 15 is 0 Å². The molecule has 3 aromatic rings. The van der Waals surface area contributed by atoms with E-state index in [1.54, 1.807) is 24.3 Å². The van der Waals surface area contributed by atoms with Gasteiger partial charge >= 0.3 is 0 Å². The van der Waals surface area contributed by atoms with Gasteiger partial charge in [-0.05, 0) is 42.8 Å². The third-order valence-corrected chi connectivity index (χ3v) is 4.03. The number of benzene rings is 1. The summed E-state index contributed by atoms with van der Waals surface area (Å²) < 4.78 is 15.5. The molecule has 0 bridgehead atoms. The van der Waals surface area contributed by atoms with Crippen molar-refractivity contribution in [2.75, 3.05) is 6.54 Å². The second-order valence-corrected chi connectivity index (χ2v) is 5.36. The lowest BCUT2D eigenvalue weighted by Crippen LogP contribution is -2.06. The molecule has 0 fully saturated rings. The van der Waals surface area contributed by atoms with E-state index in [4.69, 9.17) is 5.73 Å². The highest BCUT2D eigenvalue weighted by molar-refractivity contribution is 7.15. The summed E-state index contributed by atoms with van der Waals surface area (Å²) in [6.45, 7) is 2.34. The predicted octanol–water partition coefficient (Wildman–Crippen LogP) is 3.01. The molecule has 3 rings (SSSR count). The van der Waals surface area contributed by atoms with Crippen molar-refractivity contribution >= 4 is 16.2 Å². The maximum atomic E-state index is 13.4. The summed E-state index contributed by atoms with van der Waals surface area (Å²) in [6.07, 6.45) is 2.59. The van der Waals surface area contributed by atoms with Gasteiger partial charge in [-0.1, -0.05) is 0 Å². The molecule has 98 valence electrons. The van der Waals surface area contributed by atoms with Gasteiger partial charge in [0.15, 0.2) is 0 Å². The van der Waals surface area contributed by atoms with Crippen LogP contribution in [0.3, 0.4) is 0 Å². The molecule has 0 aliphatic rings. The van der Waals surface area contributed by atoms with Crippen molar-refractivity contribution in [1.82, 2.24) is 9.38 Å². The fraction of sp³-hybridized carbons (Fsp3) is 0.214. The van der Waals surface area contributed by atoms with E-state index in [0.29, 0.717) is 12.1 Å². The zero-order valence-corrected chi connectivity index (χ0v) is 11.4. The van der Waals surface area contributed by atoms with Crippen LogP contribution in [0.4, 0.5) is 4.39 Å². The van der Waals surface area contributed by atoms with Crippen LogP contribution < -0.4 is 5.73 Å². The molecule has 2 aromatic heterocycles. The van der Waals surface area contributed by atoms with Gasteiger partial charge in [0.05, 0.1) is 11.9 Å². The quantitative estimate of drug-likeness (QED) is 0.798. The molecule has 0 amide bonds. The van der Waals surface area contributed by atoms with Crippen LogP contribution in [0, 0.1) is 12.7 Å². The third kappa shape index (κ3) is 2.05. The molecule has 0 saturated carbocycles. The average molecular weight is 275 g/mol. The van der Waals surface area contributed by atoms with E-state index in [1.165, 1.54) is 6.07 Å². The number of nitrogens with zero attached hydrogens (tertiary/aromatic N) is 2. The average Bonchev–Trinajstić information content (AvgIpc) is 2.96. The predicted molar refractivity (Wildman–Crippen MR) is 76.0 cm³/mol. The van der Waals surface area contributed by atoms with Crippen molar-refractivity contribution in [3.05, 3.63) is 47.0 Å². The zero-order valence-electron chi connectivity index (χ0n) is 10.6. The van der Waals surface area contributed by atoms with Gasteiger partial charge in [-0.3, -0.25) is 4.40 Å². The first-order chi connectivity index (χ1) is 9.20. The second-order valence-electron chi connectivity index (χ2n) is 4.47. The number of aromatic nitrogens is 2. The highest BCUT2D eigenvalue weighted by Gasteiger charge is 2.12. The Bertz CT molecular complexity index is 729. The number of imidazole rings is 1. The molecule has 2 heterocycles. The number of halogens is 1. The number of aryl methyl sites for hydroxylation is 1. The number of hydrogen-bond acceptors (Lipinski definition) is 3. The lowest BCUT2D eigenvalue weighted by Gasteiger charge is -2.05. The molecule has 5 heteroatoms. The summed E-state index contributed by atoms with van der Waals surface area (Å²) in [5, 5.41) is 2.07. The van der Waals surface area contributed by atoms with Gasteiger partial charge in [0, 0.05) is 11.8 Å². The third-order valence-electron chi connectivity index (χ3n) is 3.16. The molecule has 19 heavy (non-hydrogen) atoms. The van der Waals surface area contributed by atoms with E-state index in [9.17, 15) is 4.39 Å². The Morgan fingerprint density at radius 1 is 1.42 bits per heavy atom. The normalized spacial score (nSPS) is 11.3. The molecule has 2 N–H and O–H groups in total. The molecule has 1 aromatic carbocycles. The highest BCUT2D eigenvalue weighted by atomic mass is 32.1. The van der Waals surface area contributed by atoms with Crippen LogP contribution in [0.2, 0.25) is 0 Å². The van der Waals surface area contributed by atoms with Crippen molar-refractivity contribution < 1.29 is 4.39 Å². The van der Waals surface area contributed by atoms with Crippen LogP contribution in [0.1, 0.15) is 11.4 Å². The summed E-state index contributed by atoms with van der Waals surface area (Å²) in [5.41, 5.74) is 8.31. The lowest BCUT2D eigenvalue weighted by molar-refractivity contribution is 0.618. The first kappa shape index (κ1) is 12.3. The summed E-state index contributed by atoms with van der Waals surface area (Å²) in [6, 6.07) is 5.17. The monoisotopic (exact) mass is 275 g/mol. The van der Waals surface area contributed by atoms with Crippen molar-refractivity contribution in [1.29, 1.82) is 0 Å². The van der Waals surface area contributed by atoms with Crippen molar-refractivity contribution in [2.24, 2.45) is 5.73 Å². The van der Waals surface area contributed by atoms with E-state index in [1.807, 2.05) is 12.3 Å². The van der Waals surface area contributed by atoms with Crippen LogP contribution in [-0.2, 0) is 6.42 Å². The number of thiazole rings is 1. The molecule has 0 aliphatic carbocycles. The lowest BCUT2D eigenvalue weighted by atomic mass is 10.1. The van der Waals surface area contributed by atoms with E-state index in [-0.39, 0.29) is 5.82 Å². The zero-order chi connectivity index (χ0) is 13.4. The Hall–Kier alpha value is -1.72. The molecule has 3 nitrogen and oxygen atoms in total. The van der Waals surface area contributed by atoms with Crippen LogP contribution in [0.5, 0.6) is 0 Å². The number of fused-ring (bicyclic) bond motifs is 1.